The van der Waals surface area contributed by atoms with E-state index < -0.39 is 190 Å². The van der Waals surface area contributed by atoms with Crippen LogP contribution in [-0.4, -0.2) is 241 Å². The van der Waals surface area contributed by atoms with Gasteiger partial charge in [0.05, 0.1) is 49.1 Å². The van der Waals surface area contributed by atoms with Crippen molar-refractivity contribution in [1.29, 1.82) is 0 Å². The Bertz CT molecular complexity index is 2040. The van der Waals surface area contributed by atoms with Crippen molar-refractivity contribution in [2.45, 2.75) is 369 Å². The average molecular weight is 1280 g/mol. The maximum atomic E-state index is 14.0. The van der Waals surface area contributed by atoms with Crippen molar-refractivity contribution in [3.8, 4) is 0 Å². The van der Waals surface area contributed by atoms with Crippen molar-refractivity contribution in [3.05, 3.63) is 0 Å². The van der Waals surface area contributed by atoms with Gasteiger partial charge in [-0.05, 0) is 67.2 Å². The minimum atomic E-state index is -2.00. The van der Waals surface area contributed by atoms with Gasteiger partial charge in [0, 0.05) is 12.8 Å². The summed E-state index contributed by atoms with van der Waals surface area (Å²) in [6, 6.07) is 0. The number of carbonyl (C=O) groups excluding carboxylic acids is 3. The van der Waals surface area contributed by atoms with Crippen molar-refractivity contribution >= 4 is 17.9 Å². The number of ether oxygens (including phenoxy) is 13. The third-order valence-corrected chi connectivity index (χ3v) is 18.3. The second-order valence-corrected chi connectivity index (χ2v) is 25.6. The normalized spacial score (nSPS) is 41.3. The predicted octanol–water partition coefficient (Wildman–Crippen LogP) is 3.27. The Balaban J connectivity index is 1.29. The molecule has 6 aliphatic heterocycles. The Hall–Kier alpha value is -2.39. The van der Waals surface area contributed by atoms with Crippen LogP contribution in [0.25, 0.3) is 0 Å². The lowest BCUT2D eigenvalue weighted by Crippen LogP contribution is -2.67. The zero-order valence-electron chi connectivity index (χ0n) is 53.6. The molecule has 0 aromatic carbocycles. The molecule has 26 heteroatoms. The molecule has 0 amide bonds. The molecule has 6 saturated heterocycles. The third kappa shape index (κ3) is 21.3. The zero-order valence-corrected chi connectivity index (χ0v) is 53.6. The molecule has 6 fully saturated rings. The molecule has 28 atom stereocenters. The number of hydrogen-bond acceptors (Lipinski definition) is 26. The predicted molar refractivity (Wildman–Crippen MR) is 314 cm³/mol. The first kappa shape index (κ1) is 75.6. The van der Waals surface area contributed by atoms with E-state index in [1.807, 2.05) is 0 Å². The molecule has 10 N–H and O–H groups in total. The summed E-state index contributed by atoms with van der Waals surface area (Å²) in [5, 5.41) is 113. The number of aliphatic hydroxyl groups is 10. The van der Waals surface area contributed by atoms with Crippen LogP contribution in [-0.2, 0) is 76.0 Å². The monoisotopic (exact) mass is 1280 g/mol. The molecule has 0 aromatic rings. The molecule has 6 rings (SSSR count). The first-order valence-electron chi connectivity index (χ1n) is 33.4. The van der Waals surface area contributed by atoms with E-state index in [-0.39, 0.29) is 18.9 Å². The van der Waals surface area contributed by atoms with Crippen molar-refractivity contribution in [3.63, 3.8) is 0 Å². The van der Waals surface area contributed by atoms with Crippen molar-refractivity contribution < 1.29 is 127 Å². The van der Waals surface area contributed by atoms with Gasteiger partial charge in [0.25, 0.3) is 0 Å². The summed E-state index contributed by atoms with van der Waals surface area (Å²) in [6.45, 7) is 12.2. The van der Waals surface area contributed by atoms with Crippen LogP contribution >= 0.6 is 0 Å². The highest BCUT2D eigenvalue weighted by Crippen LogP contribution is 2.39. The maximum absolute atomic E-state index is 14.0. The minimum Gasteiger partial charge on any atom is -0.456 e. The lowest BCUT2D eigenvalue weighted by molar-refractivity contribution is -0.395. The smallest absolute Gasteiger partial charge is 0.311 e. The highest BCUT2D eigenvalue weighted by atomic mass is 16.8. The highest BCUT2D eigenvalue weighted by Gasteiger charge is 2.58. The molecular formula is C63H110O26. The van der Waals surface area contributed by atoms with E-state index in [2.05, 4.69) is 13.8 Å². The molecule has 0 saturated carbocycles. The van der Waals surface area contributed by atoms with Gasteiger partial charge in [0.1, 0.15) is 79.4 Å². The fourth-order valence-corrected chi connectivity index (χ4v) is 12.4. The molecule has 26 nitrogen and oxygen atoms in total. The van der Waals surface area contributed by atoms with Gasteiger partial charge in [-0.1, -0.05) is 123 Å². The van der Waals surface area contributed by atoms with Crippen LogP contribution in [0.3, 0.4) is 0 Å². The van der Waals surface area contributed by atoms with Gasteiger partial charge in [-0.15, -0.1) is 0 Å². The van der Waals surface area contributed by atoms with E-state index in [1.54, 1.807) is 6.92 Å². The fourth-order valence-electron chi connectivity index (χ4n) is 12.4. The topological polar surface area (TPSA) is 374 Å². The van der Waals surface area contributed by atoms with E-state index in [0.29, 0.717) is 25.7 Å². The van der Waals surface area contributed by atoms with Crippen LogP contribution in [0.4, 0.5) is 0 Å². The molecule has 4 unspecified atom stereocenters. The number of unbranched alkanes of at least 4 members (excludes halogenated alkanes) is 10. The van der Waals surface area contributed by atoms with E-state index in [4.69, 9.17) is 61.6 Å². The van der Waals surface area contributed by atoms with E-state index >= 15 is 0 Å². The van der Waals surface area contributed by atoms with Gasteiger partial charge in [-0.3, -0.25) is 14.4 Å². The fraction of sp³-hybridized carbons (Fsp3) is 0.952. The average Bonchev–Trinajstić information content (AvgIpc) is 0.829. The van der Waals surface area contributed by atoms with E-state index in [9.17, 15) is 65.4 Å². The van der Waals surface area contributed by atoms with Crippen LogP contribution in [0.15, 0.2) is 0 Å². The number of esters is 3. The molecule has 0 bridgehead atoms. The summed E-state index contributed by atoms with van der Waals surface area (Å²) in [5.41, 5.74) is 0. The summed E-state index contributed by atoms with van der Waals surface area (Å²) >= 11 is 0. The Kier molecular flexibility index (Phi) is 32.0. The van der Waals surface area contributed by atoms with Crippen molar-refractivity contribution in [1.82, 2.24) is 0 Å². The quantitative estimate of drug-likeness (QED) is 0.0356. The highest BCUT2D eigenvalue weighted by molar-refractivity contribution is 5.73. The van der Waals surface area contributed by atoms with Gasteiger partial charge in [0.15, 0.2) is 49.8 Å². The standard InChI is InChI=1S/C63H110O26/c1-9-11-13-14-15-16-19-22-26-30-41(66)83-55-49(74)53(87-63-57(88-59-47(72)45(70)44(69)40(32-64)82-59)48(73)51(36(6)78-63)85-58(76)33(3)34(4)65)37(7)79-61(55)86-52-38(8)80-62-56(50(52)75)84-42(67)31-27-23-20-17-18-21-25-29-39(28-24-12-10-2)81-60-54(89-62)46(71)43(68)35(5)77-60/h33-40,43-57,59-65,68-75H,9-32H2,1-8H3/t33?,34?,35-,36+,37+,38+,39?,40-,43-,44-,45+,46+,47-,48-,49-,50-,51+,52+,53+,54-,55-,56-,57-,59+,60+,61+,62?,63+/m1/s1. The molecular weight excluding hydrogens is 1170 g/mol. The number of hydrogen-bond donors (Lipinski definition) is 10. The summed E-state index contributed by atoms with van der Waals surface area (Å²) in [6.07, 6.45) is -22.6. The third-order valence-electron chi connectivity index (χ3n) is 18.3. The van der Waals surface area contributed by atoms with E-state index in [1.165, 1.54) is 41.0 Å². The van der Waals surface area contributed by atoms with E-state index in [0.717, 1.165) is 103 Å². The molecule has 89 heavy (non-hydrogen) atoms. The largest absolute Gasteiger partial charge is 0.456 e. The summed E-state index contributed by atoms with van der Waals surface area (Å²) in [4.78, 5) is 41.0. The SMILES string of the molecule is CCCCCCCCCCCC(=O)O[C@H]1[C@H](O[C@@H]2[C@@H](O)[C@H]3OC(=O)CCCCCCCCCC(CCCCC)O[C@@H]4O[C@H](C)[C@@H](O)[C@H](O)[C@H]4OC3O[C@H]2C)O[C@@H](C)[C@H](O[C@@H]2O[C@@H](C)[C@H](OC(=O)C(C)C(C)O)[C@@H](O)[C@H]2O[C@@H]2O[C@H](CO)[C@@H](O)[C@H](O)[C@H]2O)[C@H]1O. The Morgan fingerprint density at radius 2 is 1.02 bits per heavy atom. The van der Waals surface area contributed by atoms with Gasteiger partial charge >= 0.3 is 17.9 Å². The van der Waals surface area contributed by atoms with Gasteiger partial charge < -0.3 is 113 Å². The van der Waals surface area contributed by atoms with Crippen LogP contribution in [0, 0.1) is 5.92 Å². The molecule has 6 aliphatic rings. The second kappa shape index (κ2) is 37.6. The Morgan fingerprint density at radius 1 is 0.494 bits per heavy atom. The lowest BCUT2D eigenvalue weighted by Gasteiger charge is -2.50. The molecule has 0 aromatic heterocycles. The first-order valence-corrected chi connectivity index (χ1v) is 33.4. The molecule has 0 spiro atoms. The second-order valence-electron chi connectivity index (χ2n) is 25.6. The number of rotatable bonds is 25. The Labute approximate surface area is 524 Å². The van der Waals surface area contributed by atoms with Crippen LogP contribution < -0.4 is 0 Å². The molecule has 518 valence electrons. The molecule has 0 radical (unpaired) electrons. The summed E-state index contributed by atoms with van der Waals surface area (Å²) in [5.74, 6) is -3.44. The van der Waals surface area contributed by atoms with Gasteiger partial charge in [-0.25, -0.2) is 0 Å². The summed E-state index contributed by atoms with van der Waals surface area (Å²) < 4.78 is 81.0. The van der Waals surface area contributed by atoms with Crippen molar-refractivity contribution in [2.24, 2.45) is 5.92 Å². The maximum Gasteiger partial charge on any atom is 0.311 e. The van der Waals surface area contributed by atoms with Crippen molar-refractivity contribution in [2.75, 3.05) is 6.61 Å². The molecule has 0 aliphatic carbocycles. The van der Waals surface area contributed by atoms with Gasteiger partial charge in [0.2, 0.25) is 0 Å². The molecule has 6 heterocycles. The summed E-state index contributed by atoms with van der Waals surface area (Å²) in [7, 11) is 0. The number of carbonyl (C=O) groups is 3. The van der Waals surface area contributed by atoms with Crippen LogP contribution in [0.5, 0.6) is 0 Å². The van der Waals surface area contributed by atoms with Crippen LogP contribution in [0.2, 0.25) is 0 Å². The first-order chi connectivity index (χ1) is 42.5. The zero-order chi connectivity index (χ0) is 65.1. The number of aliphatic hydroxyl groups excluding tert-OH is 10. The Morgan fingerprint density at radius 3 is 1.66 bits per heavy atom. The van der Waals surface area contributed by atoms with Crippen LogP contribution in [0.1, 0.15) is 203 Å². The minimum absolute atomic E-state index is 0.0235. The number of fused-ring (bicyclic) bond motifs is 2. The lowest BCUT2D eigenvalue weighted by atomic mass is 9.95. The van der Waals surface area contributed by atoms with Gasteiger partial charge in [-0.2, -0.15) is 0 Å².